The molecule has 0 bridgehead atoms. The molecule has 172 valence electrons. The number of pyridine rings is 1. The number of aromatic nitrogens is 3. The van der Waals surface area contributed by atoms with Gasteiger partial charge in [0.1, 0.15) is 5.82 Å². The van der Waals surface area contributed by atoms with E-state index in [1.54, 1.807) is 19.3 Å². The van der Waals surface area contributed by atoms with Gasteiger partial charge in [-0.2, -0.15) is 13.2 Å². The Morgan fingerprint density at radius 2 is 1.94 bits per heavy atom. The summed E-state index contributed by atoms with van der Waals surface area (Å²) >= 11 is 0. The Morgan fingerprint density at radius 1 is 1.19 bits per heavy atom. The number of aromatic amines is 1. The van der Waals surface area contributed by atoms with Crippen molar-refractivity contribution in [1.29, 1.82) is 0 Å². The van der Waals surface area contributed by atoms with Crippen LogP contribution in [-0.4, -0.2) is 52.7 Å². The SMILES string of the molecule is CN=C(NCc1ccnc(OCC(F)(F)F)c1)N(C)Cc1ncc(-c2ccccc2)[nH]1.I. The molecule has 3 aromatic rings. The van der Waals surface area contributed by atoms with Crippen LogP contribution in [0.25, 0.3) is 11.3 Å². The molecular formula is C21H24F3IN6O. The Hall–Kier alpha value is -2.83. The number of ether oxygens (including phenoxy) is 1. The Morgan fingerprint density at radius 3 is 2.62 bits per heavy atom. The second-order valence-corrected chi connectivity index (χ2v) is 6.77. The number of hydrogen-bond donors (Lipinski definition) is 2. The number of guanidine groups is 1. The lowest BCUT2D eigenvalue weighted by Crippen LogP contribution is -2.38. The fraction of sp³-hybridized carbons (Fsp3) is 0.286. The summed E-state index contributed by atoms with van der Waals surface area (Å²) in [6, 6.07) is 13.0. The van der Waals surface area contributed by atoms with Crippen molar-refractivity contribution in [3.05, 3.63) is 66.2 Å². The van der Waals surface area contributed by atoms with E-state index in [1.807, 2.05) is 42.3 Å². The molecule has 0 atom stereocenters. The van der Waals surface area contributed by atoms with E-state index in [9.17, 15) is 13.2 Å². The van der Waals surface area contributed by atoms with Crippen molar-refractivity contribution in [3.63, 3.8) is 0 Å². The van der Waals surface area contributed by atoms with Gasteiger partial charge in [0.2, 0.25) is 5.88 Å². The number of rotatable bonds is 7. The molecule has 0 unspecified atom stereocenters. The van der Waals surface area contributed by atoms with Gasteiger partial charge >= 0.3 is 6.18 Å². The van der Waals surface area contributed by atoms with E-state index in [-0.39, 0.29) is 29.9 Å². The number of benzene rings is 1. The maximum atomic E-state index is 12.3. The zero-order valence-corrected chi connectivity index (χ0v) is 19.9. The third-order valence-electron chi connectivity index (χ3n) is 4.31. The van der Waals surface area contributed by atoms with Crippen molar-refractivity contribution in [2.45, 2.75) is 19.3 Å². The summed E-state index contributed by atoms with van der Waals surface area (Å²) in [7, 11) is 3.52. The van der Waals surface area contributed by atoms with Gasteiger partial charge in [-0.25, -0.2) is 9.97 Å². The lowest BCUT2D eigenvalue weighted by Gasteiger charge is -2.21. The van der Waals surface area contributed by atoms with Crippen LogP contribution in [0.4, 0.5) is 13.2 Å². The molecule has 2 N–H and O–H groups in total. The lowest BCUT2D eigenvalue weighted by molar-refractivity contribution is -0.154. The first-order chi connectivity index (χ1) is 14.8. The third-order valence-corrected chi connectivity index (χ3v) is 4.31. The van der Waals surface area contributed by atoms with Crippen molar-refractivity contribution in [2.24, 2.45) is 4.99 Å². The average molecular weight is 560 g/mol. The van der Waals surface area contributed by atoms with Gasteiger partial charge in [-0.05, 0) is 17.2 Å². The minimum Gasteiger partial charge on any atom is -0.468 e. The van der Waals surface area contributed by atoms with Crippen molar-refractivity contribution in [2.75, 3.05) is 20.7 Å². The lowest BCUT2D eigenvalue weighted by atomic mass is 10.2. The van der Waals surface area contributed by atoms with Crippen LogP contribution in [0, 0.1) is 0 Å². The molecule has 3 rings (SSSR count). The molecule has 32 heavy (non-hydrogen) atoms. The molecule has 11 heteroatoms. The van der Waals surface area contributed by atoms with Gasteiger partial charge in [0.05, 0.1) is 18.4 Å². The van der Waals surface area contributed by atoms with E-state index in [1.165, 1.54) is 12.3 Å². The summed E-state index contributed by atoms with van der Waals surface area (Å²) in [6.07, 6.45) is -1.22. The highest BCUT2D eigenvalue weighted by Crippen LogP contribution is 2.18. The van der Waals surface area contributed by atoms with Gasteiger partial charge < -0.3 is 19.9 Å². The first-order valence-electron chi connectivity index (χ1n) is 9.49. The first kappa shape index (κ1) is 25.4. The fourth-order valence-electron chi connectivity index (χ4n) is 2.87. The average Bonchev–Trinajstić information content (AvgIpc) is 3.22. The molecular weight excluding hydrogens is 536 g/mol. The number of imidazole rings is 1. The van der Waals surface area contributed by atoms with E-state index < -0.39 is 12.8 Å². The highest BCUT2D eigenvalue weighted by Gasteiger charge is 2.28. The zero-order chi connectivity index (χ0) is 22.3. The Bertz CT molecular complexity index is 1010. The van der Waals surface area contributed by atoms with E-state index in [0.29, 0.717) is 24.6 Å². The largest absolute Gasteiger partial charge is 0.468 e. The molecule has 0 saturated carbocycles. The minimum atomic E-state index is -4.41. The number of hydrogen-bond acceptors (Lipinski definition) is 4. The number of H-pyrrole nitrogens is 1. The van der Waals surface area contributed by atoms with Gasteiger partial charge in [-0.15, -0.1) is 24.0 Å². The highest BCUT2D eigenvalue weighted by molar-refractivity contribution is 14.0. The van der Waals surface area contributed by atoms with Crippen molar-refractivity contribution < 1.29 is 17.9 Å². The van der Waals surface area contributed by atoms with Crippen molar-refractivity contribution in [3.8, 4) is 17.1 Å². The van der Waals surface area contributed by atoms with Gasteiger partial charge in [-0.3, -0.25) is 4.99 Å². The normalized spacial score (nSPS) is 11.6. The number of nitrogens with one attached hydrogen (secondary N) is 2. The molecule has 0 aliphatic rings. The molecule has 0 radical (unpaired) electrons. The van der Waals surface area contributed by atoms with Crippen LogP contribution in [0.15, 0.2) is 59.9 Å². The summed E-state index contributed by atoms with van der Waals surface area (Å²) in [5.74, 6) is 1.30. The van der Waals surface area contributed by atoms with Crippen LogP contribution in [0.1, 0.15) is 11.4 Å². The van der Waals surface area contributed by atoms with E-state index in [4.69, 9.17) is 4.74 Å². The van der Waals surface area contributed by atoms with Gasteiger partial charge in [0, 0.05) is 32.9 Å². The molecule has 0 saturated heterocycles. The monoisotopic (exact) mass is 560 g/mol. The Kier molecular flexibility index (Phi) is 9.29. The summed E-state index contributed by atoms with van der Waals surface area (Å²) < 4.78 is 41.6. The number of nitrogens with zero attached hydrogens (tertiary/aromatic N) is 4. The maximum Gasteiger partial charge on any atom is 0.422 e. The summed E-state index contributed by atoms with van der Waals surface area (Å²) in [4.78, 5) is 17.7. The first-order valence-corrected chi connectivity index (χ1v) is 9.49. The Labute approximate surface area is 201 Å². The van der Waals surface area contributed by atoms with Crippen LogP contribution >= 0.6 is 24.0 Å². The highest BCUT2D eigenvalue weighted by atomic mass is 127. The smallest absolute Gasteiger partial charge is 0.422 e. The molecule has 0 aliphatic carbocycles. The van der Waals surface area contributed by atoms with Crippen LogP contribution in [0.3, 0.4) is 0 Å². The molecule has 7 nitrogen and oxygen atoms in total. The molecule has 1 aromatic carbocycles. The number of alkyl halides is 3. The van der Waals surface area contributed by atoms with E-state index in [0.717, 1.165) is 17.1 Å². The molecule has 0 amide bonds. The van der Waals surface area contributed by atoms with Crippen LogP contribution in [-0.2, 0) is 13.1 Å². The van der Waals surface area contributed by atoms with Crippen LogP contribution in [0.2, 0.25) is 0 Å². The summed E-state index contributed by atoms with van der Waals surface area (Å²) in [5, 5.41) is 3.17. The predicted molar refractivity (Wildman–Crippen MR) is 127 cm³/mol. The second kappa shape index (κ2) is 11.7. The second-order valence-electron chi connectivity index (χ2n) is 6.77. The van der Waals surface area contributed by atoms with E-state index in [2.05, 4.69) is 25.3 Å². The Balaban J connectivity index is 0.00000363. The number of aliphatic imine (C=N–C) groups is 1. The molecule has 2 aromatic heterocycles. The van der Waals surface area contributed by atoms with Crippen LogP contribution < -0.4 is 10.1 Å². The molecule has 0 fully saturated rings. The molecule has 0 spiro atoms. The fourth-order valence-corrected chi connectivity index (χ4v) is 2.87. The topological polar surface area (TPSA) is 78.4 Å². The summed E-state index contributed by atoms with van der Waals surface area (Å²) in [5.41, 5.74) is 2.69. The summed E-state index contributed by atoms with van der Waals surface area (Å²) in [6.45, 7) is -0.548. The maximum absolute atomic E-state index is 12.3. The minimum absolute atomic E-state index is 0. The van der Waals surface area contributed by atoms with Gasteiger partial charge in [-0.1, -0.05) is 30.3 Å². The quantitative estimate of drug-likeness (QED) is 0.257. The zero-order valence-electron chi connectivity index (χ0n) is 17.6. The van der Waals surface area contributed by atoms with Gasteiger partial charge in [0.15, 0.2) is 12.6 Å². The van der Waals surface area contributed by atoms with Crippen molar-refractivity contribution in [1.82, 2.24) is 25.2 Å². The molecule has 0 aliphatic heterocycles. The van der Waals surface area contributed by atoms with Crippen molar-refractivity contribution >= 4 is 29.9 Å². The molecule has 2 heterocycles. The van der Waals surface area contributed by atoms with Crippen LogP contribution in [0.5, 0.6) is 5.88 Å². The van der Waals surface area contributed by atoms with E-state index >= 15 is 0 Å². The third kappa shape index (κ3) is 7.70. The standard InChI is InChI=1S/C21H23F3N6O.HI/c1-25-20(28-11-15-8-9-26-19(10-15)31-14-21(22,23)24)30(2)13-18-27-12-17(29-18)16-6-4-3-5-7-16;/h3-10,12H,11,13-14H2,1-2H3,(H,25,28)(H,27,29);1H. The van der Waals surface area contributed by atoms with Gasteiger partial charge in [0.25, 0.3) is 0 Å². The number of halogens is 4. The predicted octanol–water partition coefficient (Wildman–Crippen LogP) is 4.24.